The van der Waals surface area contributed by atoms with E-state index >= 15 is 0 Å². The Labute approximate surface area is 226 Å². The highest BCUT2D eigenvalue weighted by atomic mass is 32.2. The first-order valence-corrected chi connectivity index (χ1v) is 14.6. The van der Waals surface area contributed by atoms with E-state index < -0.39 is 0 Å². The van der Waals surface area contributed by atoms with E-state index in [9.17, 15) is 9.59 Å². The van der Waals surface area contributed by atoms with Gasteiger partial charge in [-0.1, -0.05) is 81.6 Å². The zero-order valence-electron chi connectivity index (χ0n) is 23.0. The Hall–Kier alpha value is -1.92. The molecule has 0 bridgehead atoms. The summed E-state index contributed by atoms with van der Waals surface area (Å²) in [6.07, 6.45) is 9.39. The predicted octanol–water partition coefficient (Wildman–Crippen LogP) is 7.77. The van der Waals surface area contributed by atoms with Crippen LogP contribution in [0, 0.1) is 24.4 Å². The van der Waals surface area contributed by atoms with Gasteiger partial charge in [0, 0.05) is 36.8 Å². The lowest BCUT2D eigenvalue weighted by Crippen LogP contribution is -2.33. The summed E-state index contributed by atoms with van der Waals surface area (Å²) < 4.78 is 4.09. The third kappa shape index (κ3) is 7.10. The first-order valence-electron chi connectivity index (χ1n) is 13.2. The Morgan fingerprint density at radius 1 is 1.17 bits per heavy atom. The van der Waals surface area contributed by atoms with Crippen LogP contribution in [0.3, 0.4) is 0 Å². The molecule has 0 N–H and O–H groups in total. The van der Waals surface area contributed by atoms with E-state index in [4.69, 9.17) is 12.2 Å². The van der Waals surface area contributed by atoms with Gasteiger partial charge in [0.15, 0.2) is 5.78 Å². The van der Waals surface area contributed by atoms with Crippen molar-refractivity contribution in [3.05, 3.63) is 72.3 Å². The number of carbonyl (C=O) groups is 1. The van der Waals surface area contributed by atoms with Crippen molar-refractivity contribution >= 4 is 29.8 Å². The van der Waals surface area contributed by atoms with Crippen molar-refractivity contribution in [1.29, 1.82) is 0 Å². The van der Waals surface area contributed by atoms with Gasteiger partial charge < -0.3 is 4.57 Å². The lowest BCUT2D eigenvalue weighted by atomic mass is 9.89. The summed E-state index contributed by atoms with van der Waals surface area (Å²) >= 11 is 7.39. The molecule has 1 saturated carbocycles. The Kier molecular flexibility index (Phi) is 9.99. The summed E-state index contributed by atoms with van der Waals surface area (Å²) in [5, 5.41) is 0. The van der Waals surface area contributed by atoms with Crippen LogP contribution < -0.4 is 5.69 Å². The maximum atomic E-state index is 12.9. The van der Waals surface area contributed by atoms with Crippen LogP contribution >= 0.6 is 24.0 Å². The van der Waals surface area contributed by atoms with Crippen molar-refractivity contribution < 1.29 is 4.79 Å². The number of ketones is 1. The van der Waals surface area contributed by atoms with Gasteiger partial charge in [-0.2, -0.15) is 0 Å². The van der Waals surface area contributed by atoms with Crippen molar-refractivity contribution in [3.8, 4) is 0 Å². The Morgan fingerprint density at radius 2 is 1.86 bits per heavy atom. The summed E-state index contributed by atoms with van der Waals surface area (Å²) in [5.41, 5.74) is 5.16. The first-order chi connectivity index (χ1) is 17.0. The van der Waals surface area contributed by atoms with Gasteiger partial charge in [0.25, 0.3) is 0 Å². The molecule has 36 heavy (non-hydrogen) atoms. The van der Waals surface area contributed by atoms with Crippen LogP contribution in [0.4, 0.5) is 0 Å². The van der Waals surface area contributed by atoms with Crippen molar-refractivity contribution in [2.24, 2.45) is 20.0 Å². The standard InChI is InChI=1S/C30H42N2O2S2/c1-19-11-16-25(22(4)17-19)26(33)18-36-23(5)13-12-21(3)28-27(20(2)9-8-10-24-14-15-24)29(35)32(7)30(34)31(28)6/h11,13,16-17,20-21,24H,8-10,12,14-15,18H2,1-7H3/b23-13-. The highest BCUT2D eigenvalue weighted by Gasteiger charge is 2.24. The molecular weight excluding hydrogens is 484 g/mol. The highest BCUT2D eigenvalue weighted by Crippen LogP contribution is 2.37. The number of benzene rings is 1. The molecular formula is C30H42N2O2S2. The molecule has 2 atom stereocenters. The second kappa shape index (κ2) is 12.6. The SMILES string of the molecule is C/C(=C/CC(C)c1c(C(C)CCCC2CC2)c(=S)n(C)c(=O)n1C)SCC(=O)c1ccc(C)cc1C. The molecule has 1 aliphatic rings. The van der Waals surface area contributed by atoms with Gasteiger partial charge in [-0.05, 0) is 55.9 Å². The van der Waals surface area contributed by atoms with Gasteiger partial charge in [-0.25, -0.2) is 4.79 Å². The molecule has 0 amide bonds. The fourth-order valence-corrected chi connectivity index (χ4v) is 6.22. The third-order valence-corrected chi connectivity index (χ3v) is 9.05. The number of Topliss-reactive ketones (excluding diaryl/α,β-unsaturated/α-hetero) is 1. The minimum absolute atomic E-state index is 0.0649. The molecule has 1 aliphatic carbocycles. The second-order valence-electron chi connectivity index (χ2n) is 10.8. The zero-order chi connectivity index (χ0) is 26.6. The number of hydrogen-bond donors (Lipinski definition) is 0. The van der Waals surface area contributed by atoms with E-state index in [2.05, 4.69) is 32.9 Å². The number of aryl methyl sites for hydroxylation is 2. The summed E-state index contributed by atoms with van der Waals surface area (Å²) in [6.45, 7) is 10.5. The molecule has 1 heterocycles. The second-order valence-corrected chi connectivity index (χ2v) is 12.4. The van der Waals surface area contributed by atoms with E-state index in [1.165, 1.54) is 31.2 Å². The minimum atomic E-state index is -0.0649. The normalized spacial score (nSPS) is 15.7. The van der Waals surface area contributed by atoms with Gasteiger partial charge in [0.2, 0.25) is 0 Å². The van der Waals surface area contributed by atoms with Crippen molar-refractivity contribution in [3.63, 3.8) is 0 Å². The van der Waals surface area contributed by atoms with Gasteiger partial charge in [0.1, 0.15) is 4.64 Å². The van der Waals surface area contributed by atoms with E-state index in [0.717, 1.165) is 46.0 Å². The van der Waals surface area contributed by atoms with Crippen molar-refractivity contribution in [1.82, 2.24) is 9.13 Å². The Morgan fingerprint density at radius 3 is 2.50 bits per heavy atom. The molecule has 6 heteroatoms. The zero-order valence-corrected chi connectivity index (χ0v) is 24.7. The molecule has 0 radical (unpaired) electrons. The summed E-state index contributed by atoms with van der Waals surface area (Å²) in [7, 11) is 3.66. The van der Waals surface area contributed by atoms with Gasteiger partial charge in [-0.15, -0.1) is 11.8 Å². The highest BCUT2D eigenvalue weighted by molar-refractivity contribution is 8.03. The van der Waals surface area contributed by atoms with Crippen LogP contribution in [0.1, 0.15) is 104 Å². The molecule has 0 spiro atoms. The van der Waals surface area contributed by atoms with Crippen molar-refractivity contribution in [2.45, 2.75) is 85.0 Å². The fourth-order valence-electron chi connectivity index (χ4n) is 5.11. The number of hydrogen-bond acceptors (Lipinski definition) is 4. The van der Waals surface area contributed by atoms with Crippen LogP contribution in [0.5, 0.6) is 0 Å². The molecule has 0 aliphatic heterocycles. The summed E-state index contributed by atoms with van der Waals surface area (Å²) in [6, 6.07) is 5.99. The van der Waals surface area contributed by atoms with Crippen molar-refractivity contribution in [2.75, 3.05) is 5.75 Å². The van der Waals surface area contributed by atoms with Gasteiger partial charge in [0.05, 0.1) is 5.75 Å². The smallest absolute Gasteiger partial charge is 0.300 e. The topological polar surface area (TPSA) is 44.0 Å². The van der Waals surface area contributed by atoms with Gasteiger partial charge >= 0.3 is 5.69 Å². The number of aromatic nitrogens is 2. The average Bonchev–Trinajstić information content (AvgIpc) is 3.66. The molecule has 2 unspecified atom stereocenters. The van der Waals surface area contributed by atoms with Crippen LogP contribution in [0.15, 0.2) is 34.0 Å². The maximum Gasteiger partial charge on any atom is 0.328 e. The lowest BCUT2D eigenvalue weighted by molar-refractivity contribution is 0.102. The van der Waals surface area contributed by atoms with Crippen LogP contribution in [0.2, 0.25) is 0 Å². The molecule has 1 fully saturated rings. The number of rotatable bonds is 12. The maximum absolute atomic E-state index is 12.9. The van der Waals surface area contributed by atoms with E-state index in [0.29, 0.717) is 16.3 Å². The lowest BCUT2D eigenvalue weighted by Gasteiger charge is -2.24. The molecule has 2 aromatic rings. The quantitative estimate of drug-likeness (QED) is 0.209. The Balaban J connectivity index is 1.72. The van der Waals surface area contributed by atoms with Crippen LogP contribution in [-0.4, -0.2) is 20.7 Å². The minimum Gasteiger partial charge on any atom is -0.300 e. The monoisotopic (exact) mass is 526 g/mol. The summed E-state index contributed by atoms with van der Waals surface area (Å²) in [5.74, 6) is 2.00. The number of thioether (sulfide) groups is 1. The van der Waals surface area contributed by atoms with E-state index in [1.54, 1.807) is 27.9 Å². The van der Waals surface area contributed by atoms with Gasteiger partial charge in [-0.3, -0.25) is 9.36 Å². The molecule has 0 saturated heterocycles. The molecule has 4 nitrogen and oxygen atoms in total. The number of nitrogens with zero attached hydrogens (tertiary/aromatic N) is 2. The largest absolute Gasteiger partial charge is 0.328 e. The average molecular weight is 527 g/mol. The predicted molar refractivity (Wildman–Crippen MR) is 156 cm³/mol. The molecule has 1 aromatic carbocycles. The molecule has 3 rings (SSSR count). The third-order valence-electron chi connectivity index (χ3n) is 7.52. The Bertz CT molecular complexity index is 1250. The first kappa shape index (κ1) is 28.6. The number of allylic oxidation sites excluding steroid dienone is 2. The molecule has 196 valence electrons. The van der Waals surface area contributed by atoms with E-state index in [1.807, 2.05) is 33.0 Å². The fraction of sp³-hybridized carbons (Fsp3) is 0.567. The molecule has 1 aromatic heterocycles. The van der Waals surface area contributed by atoms with Crippen LogP contribution in [0.25, 0.3) is 0 Å². The van der Waals surface area contributed by atoms with E-state index in [-0.39, 0.29) is 17.4 Å². The number of carbonyl (C=O) groups excluding carboxylic acids is 1. The van der Waals surface area contributed by atoms with Crippen LogP contribution in [-0.2, 0) is 14.1 Å². The summed E-state index contributed by atoms with van der Waals surface area (Å²) in [4.78, 5) is 26.8.